The lowest BCUT2D eigenvalue weighted by atomic mass is 9.88. The van der Waals surface area contributed by atoms with Gasteiger partial charge in [-0.05, 0) is 50.6 Å². The van der Waals surface area contributed by atoms with E-state index >= 15 is 0 Å². The second kappa shape index (κ2) is 7.96. The molecule has 0 spiro atoms. The van der Waals surface area contributed by atoms with Gasteiger partial charge in [0.05, 0.1) is 0 Å². The number of hydrogen-bond donors (Lipinski definition) is 1. The van der Waals surface area contributed by atoms with Gasteiger partial charge >= 0.3 is 0 Å². The van der Waals surface area contributed by atoms with Crippen LogP contribution in [0.2, 0.25) is 0 Å². The van der Waals surface area contributed by atoms with Crippen LogP contribution in [0.1, 0.15) is 44.9 Å². The summed E-state index contributed by atoms with van der Waals surface area (Å²) in [6, 6.07) is 0. The van der Waals surface area contributed by atoms with Crippen LogP contribution in [-0.2, 0) is 0 Å². The smallest absolute Gasteiger partial charge is 0.0160 e. The zero-order chi connectivity index (χ0) is 12.6. The van der Waals surface area contributed by atoms with Gasteiger partial charge in [-0.2, -0.15) is 0 Å². The Bertz CT molecular complexity index is 207. The summed E-state index contributed by atoms with van der Waals surface area (Å²) in [5, 5.41) is 3.46. The maximum absolute atomic E-state index is 3.93. The highest BCUT2D eigenvalue weighted by atomic mass is 15.1. The van der Waals surface area contributed by atoms with Gasteiger partial charge in [0.25, 0.3) is 0 Å². The standard InChI is InChI=1S/C16H30N2/c1-2-12-18(13-15-6-4-3-5-7-15)14-16-8-10-17-11-9-16/h2,15-17H,1,3-14H2. The Hall–Kier alpha value is -0.340. The first kappa shape index (κ1) is 14.1. The first-order valence-corrected chi connectivity index (χ1v) is 7.92. The van der Waals surface area contributed by atoms with Gasteiger partial charge in [0, 0.05) is 19.6 Å². The zero-order valence-electron chi connectivity index (χ0n) is 11.9. The lowest BCUT2D eigenvalue weighted by molar-refractivity contribution is 0.176. The Kier molecular flexibility index (Phi) is 6.22. The van der Waals surface area contributed by atoms with E-state index < -0.39 is 0 Å². The number of rotatable bonds is 6. The van der Waals surface area contributed by atoms with Crippen molar-refractivity contribution < 1.29 is 0 Å². The van der Waals surface area contributed by atoms with Crippen molar-refractivity contribution in [2.75, 3.05) is 32.7 Å². The summed E-state index contributed by atoms with van der Waals surface area (Å²) in [7, 11) is 0. The first-order chi connectivity index (χ1) is 8.88. The lowest BCUT2D eigenvalue weighted by Gasteiger charge is -2.33. The second-order valence-electron chi connectivity index (χ2n) is 6.20. The highest BCUT2D eigenvalue weighted by molar-refractivity contribution is 4.80. The van der Waals surface area contributed by atoms with Crippen molar-refractivity contribution in [1.82, 2.24) is 10.2 Å². The summed E-state index contributed by atoms with van der Waals surface area (Å²) >= 11 is 0. The van der Waals surface area contributed by atoms with E-state index in [9.17, 15) is 0 Å². The van der Waals surface area contributed by atoms with Crippen molar-refractivity contribution >= 4 is 0 Å². The van der Waals surface area contributed by atoms with Gasteiger partial charge in [0.2, 0.25) is 0 Å². The Morgan fingerprint density at radius 1 is 0.944 bits per heavy atom. The van der Waals surface area contributed by atoms with Gasteiger partial charge in [0.1, 0.15) is 0 Å². The van der Waals surface area contributed by atoms with Gasteiger partial charge in [-0.1, -0.05) is 25.3 Å². The van der Waals surface area contributed by atoms with Crippen LogP contribution >= 0.6 is 0 Å². The quantitative estimate of drug-likeness (QED) is 0.729. The van der Waals surface area contributed by atoms with E-state index in [0.29, 0.717) is 0 Å². The van der Waals surface area contributed by atoms with Crippen molar-refractivity contribution in [3.63, 3.8) is 0 Å². The van der Waals surface area contributed by atoms with Gasteiger partial charge in [0.15, 0.2) is 0 Å². The molecule has 0 bridgehead atoms. The minimum Gasteiger partial charge on any atom is -0.317 e. The minimum atomic E-state index is 0.912. The van der Waals surface area contributed by atoms with Gasteiger partial charge in [-0.3, -0.25) is 4.90 Å². The van der Waals surface area contributed by atoms with Gasteiger partial charge < -0.3 is 5.32 Å². The fourth-order valence-corrected chi connectivity index (χ4v) is 3.57. The van der Waals surface area contributed by atoms with Crippen molar-refractivity contribution in [2.24, 2.45) is 11.8 Å². The van der Waals surface area contributed by atoms with Crippen LogP contribution in [0.3, 0.4) is 0 Å². The minimum absolute atomic E-state index is 0.912. The van der Waals surface area contributed by atoms with E-state index in [4.69, 9.17) is 0 Å². The second-order valence-corrected chi connectivity index (χ2v) is 6.20. The average Bonchev–Trinajstić information content (AvgIpc) is 2.41. The maximum atomic E-state index is 3.93. The normalized spacial score (nSPS) is 23.4. The fraction of sp³-hybridized carbons (Fsp3) is 0.875. The van der Waals surface area contributed by atoms with Crippen LogP contribution in [-0.4, -0.2) is 37.6 Å². The fourth-order valence-electron chi connectivity index (χ4n) is 3.57. The van der Waals surface area contributed by atoms with E-state index in [1.54, 1.807) is 0 Å². The third-order valence-corrected chi connectivity index (χ3v) is 4.60. The molecule has 18 heavy (non-hydrogen) atoms. The molecule has 0 unspecified atom stereocenters. The summed E-state index contributed by atoms with van der Waals surface area (Å²) in [6.45, 7) is 10.1. The van der Waals surface area contributed by atoms with Crippen LogP contribution in [0.25, 0.3) is 0 Å². The van der Waals surface area contributed by atoms with Gasteiger partial charge in [-0.15, -0.1) is 6.58 Å². The number of hydrogen-bond acceptors (Lipinski definition) is 2. The molecule has 0 aromatic carbocycles. The van der Waals surface area contributed by atoms with Crippen LogP contribution in [0.15, 0.2) is 12.7 Å². The molecule has 1 saturated heterocycles. The summed E-state index contributed by atoms with van der Waals surface area (Å²) in [5.74, 6) is 1.87. The molecule has 1 aliphatic carbocycles. The topological polar surface area (TPSA) is 15.3 Å². The molecule has 1 N–H and O–H groups in total. The highest BCUT2D eigenvalue weighted by Crippen LogP contribution is 2.25. The molecule has 0 aromatic rings. The van der Waals surface area contributed by atoms with Crippen LogP contribution in [0.4, 0.5) is 0 Å². The van der Waals surface area contributed by atoms with E-state index in [1.165, 1.54) is 71.1 Å². The molecule has 1 aliphatic heterocycles. The molecule has 1 heterocycles. The largest absolute Gasteiger partial charge is 0.317 e. The Morgan fingerprint density at radius 3 is 2.17 bits per heavy atom. The van der Waals surface area contributed by atoms with E-state index in [1.807, 2.05) is 0 Å². The summed E-state index contributed by atoms with van der Waals surface area (Å²) in [6.07, 6.45) is 12.1. The monoisotopic (exact) mass is 250 g/mol. The zero-order valence-corrected chi connectivity index (χ0v) is 11.9. The molecule has 1 saturated carbocycles. The Balaban J connectivity index is 1.76. The number of nitrogens with one attached hydrogen (secondary N) is 1. The summed E-state index contributed by atoms with van der Waals surface area (Å²) in [4.78, 5) is 2.67. The predicted octanol–water partition coefficient (Wildman–Crippen LogP) is 3.05. The van der Waals surface area contributed by atoms with Crippen molar-refractivity contribution in [2.45, 2.75) is 44.9 Å². The number of nitrogens with zero attached hydrogens (tertiary/aromatic N) is 1. The Labute approximate surface area is 113 Å². The van der Waals surface area contributed by atoms with Gasteiger partial charge in [-0.25, -0.2) is 0 Å². The van der Waals surface area contributed by atoms with Crippen LogP contribution in [0.5, 0.6) is 0 Å². The van der Waals surface area contributed by atoms with Crippen LogP contribution in [0, 0.1) is 11.8 Å². The molecule has 0 aromatic heterocycles. The summed E-state index contributed by atoms with van der Waals surface area (Å²) in [5.41, 5.74) is 0. The van der Waals surface area contributed by atoms with E-state index in [0.717, 1.165) is 18.4 Å². The third kappa shape index (κ3) is 4.74. The molecule has 0 amide bonds. The highest BCUT2D eigenvalue weighted by Gasteiger charge is 2.20. The molecule has 104 valence electrons. The van der Waals surface area contributed by atoms with Crippen molar-refractivity contribution in [1.29, 1.82) is 0 Å². The lowest BCUT2D eigenvalue weighted by Crippen LogP contribution is -2.38. The molecule has 2 heteroatoms. The van der Waals surface area contributed by atoms with Crippen molar-refractivity contribution in [3.05, 3.63) is 12.7 Å². The molecule has 2 nitrogen and oxygen atoms in total. The maximum Gasteiger partial charge on any atom is 0.0160 e. The molecule has 2 rings (SSSR count). The third-order valence-electron chi connectivity index (χ3n) is 4.60. The summed E-state index contributed by atoms with van der Waals surface area (Å²) < 4.78 is 0. The van der Waals surface area contributed by atoms with Crippen molar-refractivity contribution in [3.8, 4) is 0 Å². The predicted molar refractivity (Wildman–Crippen MR) is 78.8 cm³/mol. The average molecular weight is 250 g/mol. The molecule has 2 fully saturated rings. The van der Waals surface area contributed by atoms with E-state index in [2.05, 4.69) is 22.9 Å². The molecular weight excluding hydrogens is 220 g/mol. The SMILES string of the molecule is C=CCN(CC1CCCCC1)CC1CCNCC1. The molecular formula is C16H30N2. The van der Waals surface area contributed by atoms with Crippen LogP contribution < -0.4 is 5.32 Å². The number of piperidine rings is 1. The molecule has 0 atom stereocenters. The molecule has 2 aliphatic rings. The Morgan fingerprint density at radius 2 is 1.56 bits per heavy atom. The van der Waals surface area contributed by atoms with E-state index in [-0.39, 0.29) is 0 Å². The molecule has 0 radical (unpaired) electrons. The first-order valence-electron chi connectivity index (χ1n) is 7.92.